The lowest BCUT2D eigenvalue weighted by Crippen LogP contribution is -2.20. The lowest BCUT2D eigenvalue weighted by molar-refractivity contribution is 0.0170. The second-order valence-electron chi connectivity index (χ2n) is 3.62. The molecule has 0 bridgehead atoms. The third kappa shape index (κ3) is 3.58. The van der Waals surface area contributed by atoms with Crippen molar-refractivity contribution in [2.75, 3.05) is 12.9 Å². The van der Waals surface area contributed by atoms with Crippen molar-refractivity contribution in [1.29, 1.82) is 0 Å². The zero-order valence-corrected chi connectivity index (χ0v) is 11.4. The monoisotopic (exact) mass is 291 g/mol. The minimum Gasteiger partial charge on any atom is -0.465 e. The molecule has 0 aliphatic rings. The molecule has 0 radical (unpaired) electrons. The van der Waals surface area contributed by atoms with E-state index in [0.717, 1.165) is 0 Å². The van der Waals surface area contributed by atoms with Crippen molar-refractivity contribution in [2.45, 2.75) is 18.6 Å². The lowest BCUT2D eigenvalue weighted by Gasteiger charge is -2.18. The normalized spacial score (nSPS) is 14.1. The van der Waals surface area contributed by atoms with Crippen molar-refractivity contribution in [3.63, 3.8) is 0 Å². The average Bonchev–Trinajstić information content (AvgIpc) is 2.37. The smallest absolute Gasteiger partial charge is 0.339 e. The zero-order valence-electron chi connectivity index (χ0n) is 9.71. The Morgan fingerprint density at radius 1 is 1.61 bits per heavy atom. The number of hydrogen-bond acceptors (Lipinski definition) is 6. The Kier molecular flexibility index (Phi) is 5.87. The number of aliphatic hydroxyl groups is 2. The fourth-order valence-electron chi connectivity index (χ4n) is 1.40. The molecule has 2 unspecified atom stereocenters. The topological polar surface area (TPSA) is 79.7 Å². The molecule has 0 spiro atoms. The van der Waals surface area contributed by atoms with E-state index >= 15 is 0 Å². The molecular formula is C11H14ClNO4S. The average molecular weight is 292 g/mol. The summed E-state index contributed by atoms with van der Waals surface area (Å²) < 4.78 is 4.54. The Labute approximate surface area is 115 Å². The quantitative estimate of drug-likeness (QED) is 0.432. The van der Waals surface area contributed by atoms with Crippen molar-refractivity contribution in [3.05, 3.63) is 28.5 Å². The zero-order chi connectivity index (χ0) is 13.7. The van der Waals surface area contributed by atoms with Crippen LogP contribution in [0, 0.1) is 0 Å². The van der Waals surface area contributed by atoms with Gasteiger partial charge in [-0.15, -0.1) is 0 Å². The molecule has 0 saturated heterocycles. The van der Waals surface area contributed by atoms with Gasteiger partial charge in [0.2, 0.25) is 0 Å². The van der Waals surface area contributed by atoms with Crippen LogP contribution in [0.5, 0.6) is 0 Å². The number of hydrogen-bond donors (Lipinski definition) is 3. The first-order valence-electron chi connectivity index (χ1n) is 5.22. The van der Waals surface area contributed by atoms with Gasteiger partial charge in [0.15, 0.2) is 0 Å². The van der Waals surface area contributed by atoms with Gasteiger partial charge >= 0.3 is 5.97 Å². The van der Waals surface area contributed by atoms with Gasteiger partial charge in [0.25, 0.3) is 0 Å². The van der Waals surface area contributed by atoms with E-state index in [-0.39, 0.29) is 16.3 Å². The van der Waals surface area contributed by atoms with Gasteiger partial charge in [-0.3, -0.25) is 0 Å². The van der Waals surface area contributed by atoms with Crippen LogP contribution in [0.3, 0.4) is 0 Å². The molecule has 0 fully saturated rings. The Morgan fingerprint density at radius 2 is 2.28 bits per heavy atom. The van der Waals surface area contributed by atoms with E-state index in [1.165, 1.54) is 19.4 Å². The maximum Gasteiger partial charge on any atom is 0.339 e. The van der Waals surface area contributed by atoms with Gasteiger partial charge < -0.3 is 14.9 Å². The summed E-state index contributed by atoms with van der Waals surface area (Å²) >= 11 is 9.80. The van der Waals surface area contributed by atoms with E-state index in [4.69, 9.17) is 11.6 Å². The molecule has 0 saturated carbocycles. The van der Waals surface area contributed by atoms with Gasteiger partial charge in [0, 0.05) is 11.8 Å². The summed E-state index contributed by atoms with van der Waals surface area (Å²) in [6, 6.07) is 1.35. The van der Waals surface area contributed by atoms with Gasteiger partial charge in [-0.25, -0.2) is 9.78 Å². The highest BCUT2D eigenvalue weighted by Gasteiger charge is 2.22. The highest BCUT2D eigenvalue weighted by molar-refractivity contribution is 7.80. The molecule has 0 amide bonds. The number of halogens is 1. The first-order valence-corrected chi connectivity index (χ1v) is 6.23. The number of pyridine rings is 1. The summed E-state index contributed by atoms with van der Waals surface area (Å²) in [5, 5.41) is 19.6. The van der Waals surface area contributed by atoms with Crippen LogP contribution in [-0.4, -0.2) is 40.1 Å². The van der Waals surface area contributed by atoms with Crippen LogP contribution in [0.2, 0.25) is 5.15 Å². The second-order valence-corrected chi connectivity index (χ2v) is 4.43. The number of carbonyl (C=O) groups is 1. The van der Waals surface area contributed by atoms with Gasteiger partial charge in [-0.2, -0.15) is 12.6 Å². The third-order valence-corrected chi connectivity index (χ3v) is 2.97. The molecule has 2 N–H and O–H groups in total. The molecule has 2 atom stereocenters. The molecule has 5 nitrogen and oxygen atoms in total. The van der Waals surface area contributed by atoms with Crippen LogP contribution in [0.1, 0.15) is 28.4 Å². The Balaban J connectivity index is 3.03. The van der Waals surface area contributed by atoms with Gasteiger partial charge in [0.05, 0.1) is 18.8 Å². The van der Waals surface area contributed by atoms with E-state index < -0.39 is 18.2 Å². The fourth-order valence-corrected chi connectivity index (χ4v) is 1.88. The maximum atomic E-state index is 11.3. The largest absolute Gasteiger partial charge is 0.465 e. The van der Waals surface area contributed by atoms with E-state index in [1.807, 2.05) is 0 Å². The van der Waals surface area contributed by atoms with Crippen molar-refractivity contribution in [1.82, 2.24) is 4.98 Å². The van der Waals surface area contributed by atoms with Crippen molar-refractivity contribution in [2.24, 2.45) is 0 Å². The van der Waals surface area contributed by atoms with Gasteiger partial charge in [0.1, 0.15) is 11.3 Å². The van der Waals surface area contributed by atoms with E-state index in [2.05, 4.69) is 22.3 Å². The molecule has 0 aromatic carbocycles. The molecule has 1 rings (SSSR count). The molecule has 18 heavy (non-hydrogen) atoms. The molecule has 100 valence electrons. The van der Waals surface area contributed by atoms with Crippen LogP contribution in [-0.2, 0) is 4.74 Å². The number of thiol groups is 1. The molecule has 1 aromatic heterocycles. The number of nitrogens with zero attached hydrogens (tertiary/aromatic N) is 1. The third-order valence-electron chi connectivity index (χ3n) is 2.40. The fraction of sp³-hybridized carbons (Fsp3) is 0.455. The second kappa shape index (κ2) is 6.94. The molecular weight excluding hydrogens is 278 g/mol. The van der Waals surface area contributed by atoms with Crippen molar-refractivity contribution >= 4 is 30.2 Å². The van der Waals surface area contributed by atoms with Crippen LogP contribution in [0.15, 0.2) is 12.3 Å². The summed E-state index contributed by atoms with van der Waals surface area (Å²) in [6.45, 7) is 0. The number of esters is 1. The molecule has 7 heteroatoms. The number of aliphatic hydroxyl groups excluding tert-OH is 2. The number of aromatic nitrogens is 1. The van der Waals surface area contributed by atoms with Crippen molar-refractivity contribution in [3.8, 4) is 0 Å². The summed E-state index contributed by atoms with van der Waals surface area (Å²) in [5.41, 5.74) is 0.350. The molecule has 1 heterocycles. The van der Waals surface area contributed by atoms with Crippen molar-refractivity contribution < 1.29 is 19.7 Å². The minimum absolute atomic E-state index is 0.0355. The minimum atomic E-state index is -1.22. The van der Waals surface area contributed by atoms with Crippen LogP contribution < -0.4 is 0 Å². The molecule has 0 aliphatic heterocycles. The Morgan fingerprint density at radius 3 is 2.83 bits per heavy atom. The van der Waals surface area contributed by atoms with Crippen LogP contribution in [0.4, 0.5) is 0 Å². The summed E-state index contributed by atoms with van der Waals surface area (Å²) in [4.78, 5) is 15.1. The summed E-state index contributed by atoms with van der Waals surface area (Å²) in [5.74, 6) is -0.170. The first-order chi connectivity index (χ1) is 8.51. The maximum absolute atomic E-state index is 11.3. The standard InChI is InChI=1S/C11H14ClNO4S/c1-17-11(16)6-4-7(10(12)13-5-6)9(15)8(14)2-3-18/h4-5,8-9,14-15,18H,2-3H2,1H3. The van der Waals surface area contributed by atoms with E-state index in [0.29, 0.717) is 12.2 Å². The molecule has 0 aliphatic carbocycles. The predicted octanol–water partition coefficient (Wildman–Crippen LogP) is 1.24. The van der Waals surface area contributed by atoms with Crippen LogP contribution >= 0.6 is 24.2 Å². The number of methoxy groups -OCH3 is 1. The number of ether oxygens (including phenoxy) is 1. The summed E-state index contributed by atoms with van der Waals surface area (Å²) in [6.07, 6.45) is -0.699. The highest BCUT2D eigenvalue weighted by atomic mass is 35.5. The van der Waals surface area contributed by atoms with Gasteiger partial charge in [-0.05, 0) is 18.2 Å². The lowest BCUT2D eigenvalue weighted by atomic mass is 10.0. The Bertz CT molecular complexity index is 430. The predicted molar refractivity (Wildman–Crippen MR) is 70.0 cm³/mol. The SMILES string of the molecule is COC(=O)c1cnc(Cl)c(C(O)C(O)CCS)c1. The van der Waals surface area contributed by atoms with Gasteiger partial charge in [-0.1, -0.05) is 11.6 Å². The molecule has 1 aromatic rings. The Hall–Kier alpha value is -0.820. The summed E-state index contributed by atoms with van der Waals surface area (Å²) in [7, 11) is 1.24. The first kappa shape index (κ1) is 15.2. The number of rotatable bonds is 5. The van der Waals surface area contributed by atoms with Crippen LogP contribution in [0.25, 0.3) is 0 Å². The van der Waals surface area contributed by atoms with E-state index in [9.17, 15) is 15.0 Å². The van der Waals surface area contributed by atoms with E-state index in [1.54, 1.807) is 0 Å². The highest BCUT2D eigenvalue weighted by Crippen LogP contribution is 2.26. The number of carbonyl (C=O) groups excluding carboxylic acids is 1.